The van der Waals surface area contributed by atoms with Gasteiger partial charge >= 0.3 is 0 Å². The molecule has 1 rings (SSSR count). The Morgan fingerprint density at radius 1 is 1.33 bits per heavy atom. The summed E-state index contributed by atoms with van der Waals surface area (Å²) in [5, 5.41) is 0. The van der Waals surface area contributed by atoms with Crippen LogP contribution >= 0.6 is 31.9 Å². The summed E-state index contributed by atoms with van der Waals surface area (Å²) in [6.45, 7) is 4.33. The molecule has 0 heterocycles. The Kier molecular flexibility index (Phi) is 5.27. The molecule has 0 N–H and O–H groups in total. The minimum absolute atomic E-state index is 0.160. The molecule has 0 saturated heterocycles. The van der Waals surface area contributed by atoms with Gasteiger partial charge in [-0.05, 0) is 42.5 Å². The summed E-state index contributed by atoms with van der Waals surface area (Å²) in [5.74, 6) is 0.393. The van der Waals surface area contributed by atoms with E-state index in [1.165, 1.54) is 6.07 Å². The zero-order valence-corrected chi connectivity index (χ0v) is 12.1. The lowest BCUT2D eigenvalue weighted by atomic mass is 9.97. The lowest BCUT2D eigenvalue weighted by Gasteiger charge is -2.14. The lowest BCUT2D eigenvalue weighted by Crippen LogP contribution is -2.05. The minimum atomic E-state index is -0.160. The molecule has 0 bridgehead atoms. The predicted octanol–water partition coefficient (Wildman–Crippen LogP) is 4.94. The second-order valence-corrected chi connectivity index (χ2v) is 6.48. The van der Waals surface area contributed by atoms with Crippen molar-refractivity contribution in [2.75, 3.05) is 0 Å². The SMILES string of the molecule is CC(Br)CC(C)Cc1cc(F)ccc1Br. The van der Waals surface area contributed by atoms with Crippen LogP contribution in [0.25, 0.3) is 0 Å². The Morgan fingerprint density at radius 2 is 2.00 bits per heavy atom. The van der Waals surface area contributed by atoms with E-state index in [2.05, 4.69) is 45.7 Å². The molecule has 15 heavy (non-hydrogen) atoms. The van der Waals surface area contributed by atoms with Gasteiger partial charge in [-0.1, -0.05) is 45.7 Å². The Balaban J connectivity index is 2.67. The van der Waals surface area contributed by atoms with Crippen molar-refractivity contribution in [3.8, 4) is 0 Å². The van der Waals surface area contributed by atoms with Crippen molar-refractivity contribution >= 4 is 31.9 Å². The van der Waals surface area contributed by atoms with Crippen LogP contribution in [0.15, 0.2) is 22.7 Å². The first-order chi connectivity index (χ1) is 6.99. The fourth-order valence-electron chi connectivity index (χ4n) is 1.71. The maximum atomic E-state index is 13.0. The van der Waals surface area contributed by atoms with E-state index in [1.807, 2.05) is 0 Å². The van der Waals surface area contributed by atoms with Crippen LogP contribution in [0.5, 0.6) is 0 Å². The van der Waals surface area contributed by atoms with Gasteiger partial charge in [0.1, 0.15) is 5.82 Å². The van der Waals surface area contributed by atoms with Crippen molar-refractivity contribution in [1.29, 1.82) is 0 Å². The molecule has 2 unspecified atom stereocenters. The predicted molar refractivity (Wildman–Crippen MR) is 70.0 cm³/mol. The summed E-state index contributed by atoms with van der Waals surface area (Å²) in [5.41, 5.74) is 1.05. The molecule has 0 aliphatic carbocycles. The third-order valence-corrected chi connectivity index (χ3v) is 3.45. The summed E-state index contributed by atoms with van der Waals surface area (Å²) >= 11 is 6.98. The van der Waals surface area contributed by atoms with Crippen LogP contribution in [0.2, 0.25) is 0 Å². The Morgan fingerprint density at radius 3 is 2.60 bits per heavy atom. The summed E-state index contributed by atoms with van der Waals surface area (Å²) in [6, 6.07) is 4.86. The second-order valence-electron chi connectivity index (χ2n) is 4.06. The number of benzene rings is 1. The van der Waals surface area contributed by atoms with E-state index in [9.17, 15) is 4.39 Å². The monoisotopic (exact) mass is 336 g/mol. The van der Waals surface area contributed by atoms with E-state index < -0.39 is 0 Å². The normalized spacial score (nSPS) is 15.0. The maximum Gasteiger partial charge on any atom is 0.123 e. The molecule has 0 fully saturated rings. The van der Waals surface area contributed by atoms with Crippen LogP contribution in [0.1, 0.15) is 25.8 Å². The summed E-state index contributed by atoms with van der Waals surface area (Å²) in [6.07, 6.45) is 2.01. The summed E-state index contributed by atoms with van der Waals surface area (Å²) in [7, 11) is 0. The Hall–Kier alpha value is 0.110. The average molecular weight is 338 g/mol. The molecule has 0 aliphatic heterocycles. The van der Waals surface area contributed by atoms with Gasteiger partial charge in [0.2, 0.25) is 0 Å². The van der Waals surface area contributed by atoms with Gasteiger partial charge < -0.3 is 0 Å². The number of hydrogen-bond acceptors (Lipinski definition) is 0. The molecular weight excluding hydrogens is 323 g/mol. The zero-order chi connectivity index (χ0) is 11.4. The highest BCUT2D eigenvalue weighted by Crippen LogP contribution is 2.23. The van der Waals surface area contributed by atoms with Gasteiger partial charge in [-0.2, -0.15) is 0 Å². The van der Waals surface area contributed by atoms with Gasteiger partial charge in [0.05, 0.1) is 0 Å². The third-order valence-electron chi connectivity index (χ3n) is 2.30. The molecular formula is C12H15Br2F. The molecule has 1 aromatic carbocycles. The molecule has 0 aliphatic rings. The van der Waals surface area contributed by atoms with E-state index in [0.717, 1.165) is 22.9 Å². The van der Waals surface area contributed by atoms with Gasteiger partial charge in [-0.25, -0.2) is 4.39 Å². The third kappa shape index (κ3) is 4.64. The molecule has 0 amide bonds. The van der Waals surface area contributed by atoms with E-state index in [1.54, 1.807) is 12.1 Å². The van der Waals surface area contributed by atoms with E-state index >= 15 is 0 Å². The number of rotatable bonds is 4. The molecule has 84 valence electrons. The molecule has 1 aromatic rings. The molecule has 0 nitrogen and oxygen atoms in total. The second kappa shape index (κ2) is 6.00. The van der Waals surface area contributed by atoms with Crippen molar-refractivity contribution < 1.29 is 4.39 Å². The number of alkyl halides is 1. The highest BCUT2D eigenvalue weighted by molar-refractivity contribution is 9.10. The average Bonchev–Trinajstić information content (AvgIpc) is 2.10. The minimum Gasteiger partial charge on any atom is -0.207 e. The van der Waals surface area contributed by atoms with Crippen molar-refractivity contribution in [2.24, 2.45) is 5.92 Å². The molecule has 2 atom stereocenters. The topological polar surface area (TPSA) is 0 Å². The summed E-state index contributed by atoms with van der Waals surface area (Å²) < 4.78 is 14.0. The van der Waals surface area contributed by atoms with Crippen LogP contribution in [-0.4, -0.2) is 4.83 Å². The first kappa shape index (κ1) is 13.2. The van der Waals surface area contributed by atoms with Crippen molar-refractivity contribution in [1.82, 2.24) is 0 Å². The van der Waals surface area contributed by atoms with Crippen LogP contribution in [0, 0.1) is 11.7 Å². The quantitative estimate of drug-likeness (QED) is 0.682. The van der Waals surface area contributed by atoms with Crippen LogP contribution < -0.4 is 0 Å². The van der Waals surface area contributed by atoms with E-state index in [4.69, 9.17) is 0 Å². The first-order valence-corrected chi connectivity index (χ1v) is 6.78. The molecule has 0 aromatic heterocycles. The molecule has 0 radical (unpaired) electrons. The Labute approximate surface area is 108 Å². The van der Waals surface area contributed by atoms with Crippen molar-refractivity contribution in [3.63, 3.8) is 0 Å². The van der Waals surface area contributed by atoms with Gasteiger partial charge in [0.15, 0.2) is 0 Å². The van der Waals surface area contributed by atoms with Crippen LogP contribution in [0.4, 0.5) is 4.39 Å². The molecule has 3 heteroatoms. The zero-order valence-electron chi connectivity index (χ0n) is 8.93. The van der Waals surface area contributed by atoms with Crippen molar-refractivity contribution in [3.05, 3.63) is 34.1 Å². The van der Waals surface area contributed by atoms with Gasteiger partial charge in [0, 0.05) is 9.30 Å². The highest BCUT2D eigenvalue weighted by Gasteiger charge is 2.10. The van der Waals surface area contributed by atoms with Crippen LogP contribution in [-0.2, 0) is 6.42 Å². The highest BCUT2D eigenvalue weighted by atomic mass is 79.9. The van der Waals surface area contributed by atoms with Crippen LogP contribution in [0.3, 0.4) is 0 Å². The van der Waals surface area contributed by atoms with E-state index in [0.29, 0.717) is 10.7 Å². The van der Waals surface area contributed by atoms with Crippen molar-refractivity contribution in [2.45, 2.75) is 31.5 Å². The van der Waals surface area contributed by atoms with Gasteiger partial charge in [-0.15, -0.1) is 0 Å². The number of halogens is 3. The van der Waals surface area contributed by atoms with E-state index in [-0.39, 0.29) is 5.82 Å². The number of hydrogen-bond donors (Lipinski definition) is 0. The standard InChI is InChI=1S/C12H15Br2F/c1-8(5-9(2)13)6-10-7-11(15)3-4-12(10)14/h3-4,7-9H,5-6H2,1-2H3. The summed E-state index contributed by atoms with van der Waals surface area (Å²) in [4.78, 5) is 0.514. The molecule has 0 spiro atoms. The molecule has 0 saturated carbocycles. The smallest absolute Gasteiger partial charge is 0.123 e. The fourth-order valence-corrected chi connectivity index (χ4v) is 2.76. The maximum absolute atomic E-state index is 13.0. The van der Waals surface area contributed by atoms with Gasteiger partial charge in [-0.3, -0.25) is 0 Å². The largest absolute Gasteiger partial charge is 0.207 e. The lowest BCUT2D eigenvalue weighted by molar-refractivity contribution is 0.529. The van der Waals surface area contributed by atoms with Gasteiger partial charge in [0.25, 0.3) is 0 Å². The first-order valence-electron chi connectivity index (χ1n) is 5.07. The Bertz CT molecular complexity index is 323. The fraction of sp³-hybridized carbons (Fsp3) is 0.500.